The van der Waals surface area contributed by atoms with Crippen molar-refractivity contribution in [1.82, 2.24) is 10.1 Å². The van der Waals surface area contributed by atoms with E-state index >= 15 is 0 Å². The van der Waals surface area contributed by atoms with E-state index in [9.17, 15) is 4.79 Å². The lowest BCUT2D eigenvalue weighted by Gasteiger charge is -2.04. The van der Waals surface area contributed by atoms with Gasteiger partial charge in [-0.3, -0.25) is 4.79 Å². The van der Waals surface area contributed by atoms with Gasteiger partial charge < -0.3 is 9.84 Å². The highest BCUT2D eigenvalue weighted by molar-refractivity contribution is 7.21. The van der Waals surface area contributed by atoms with Gasteiger partial charge in [0.25, 0.3) is 5.91 Å². The maximum Gasteiger partial charge on any atom is 0.277 e. The number of thiazole rings is 1. The fraction of sp³-hybridized carbons (Fsp3) is 0. The third kappa shape index (κ3) is 3.77. The second kappa shape index (κ2) is 8.00. The molecule has 0 atom stereocenters. The van der Waals surface area contributed by atoms with E-state index in [1.54, 1.807) is 17.4 Å². The number of hydrogen-bond acceptors (Lipinski definition) is 5. The van der Waals surface area contributed by atoms with Gasteiger partial charge in [0.2, 0.25) is 0 Å². The van der Waals surface area contributed by atoms with E-state index in [2.05, 4.69) is 22.6 Å². The summed E-state index contributed by atoms with van der Waals surface area (Å²) in [6.07, 6.45) is 0. The first kappa shape index (κ1) is 19.4. The fourth-order valence-corrected chi connectivity index (χ4v) is 4.74. The van der Waals surface area contributed by atoms with Crippen molar-refractivity contribution in [2.24, 2.45) is 0 Å². The number of hydrogen-bond donors (Lipinski definition) is 1. The molecule has 2 aromatic heterocycles. The monoisotopic (exact) mass is 447 g/mol. The Balaban J connectivity index is 1.24. The van der Waals surface area contributed by atoms with Crippen molar-refractivity contribution >= 4 is 43.9 Å². The Kier molecular flexibility index (Phi) is 4.70. The molecule has 0 spiro atoms. The second-order valence-electron chi connectivity index (χ2n) is 7.66. The summed E-state index contributed by atoms with van der Waals surface area (Å²) in [7, 11) is 0. The number of benzene rings is 4. The first-order valence-electron chi connectivity index (χ1n) is 10.5. The van der Waals surface area contributed by atoms with Crippen LogP contribution in [0.5, 0.6) is 0 Å². The average molecular weight is 448 g/mol. The maximum absolute atomic E-state index is 12.8. The van der Waals surface area contributed by atoms with Crippen molar-refractivity contribution in [3.05, 3.63) is 103 Å². The van der Waals surface area contributed by atoms with Crippen LogP contribution in [0, 0.1) is 0 Å². The Labute approximate surface area is 193 Å². The van der Waals surface area contributed by atoms with Crippen molar-refractivity contribution in [3.8, 4) is 21.9 Å². The molecule has 4 aromatic carbocycles. The molecular weight excluding hydrogens is 430 g/mol. The maximum atomic E-state index is 12.8. The Morgan fingerprint density at radius 1 is 0.788 bits per heavy atom. The Morgan fingerprint density at radius 2 is 1.64 bits per heavy atom. The molecule has 0 aliphatic rings. The summed E-state index contributed by atoms with van der Waals surface area (Å²) < 4.78 is 6.60. The van der Waals surface area contributed by atoms with E-state index in [-0.39, 0.29) is 11.6 Å². The van der Waals surface area contributed by atoms with Crippen LogP contribution in [0.4, 0.5) is 5.69 Å². The third-order valence-electron chi connectivity index (χ3n) is 5.44. The summed E-state index contributed by atoms with van der Waals surface area (Å²) >= 11 is 1.62. The molecular formula is C27H17N3O2S. The Morgan fingerprint density at radius 3 is 2.55 bits per heavy atom. The predicted octanol–water partition coefficient (Wildman–Crippen LogP) is 7.02. The lowest BCUT2D eigenvalue weighted by molar-refractivity contribution is 0.101. The third-order valence-corrected chi connectivity index (χ3v) is 6.52. The summed E-state index contributed by atoms with van der Waals surface area (Å²) in [6, 6.07) is 31.5. The number of carbonyl (C=O) groups is 1. The van der Waals surface area contributed by atoms with Crippen LogP contribution in [0.15, 0.2) is 102 Å². The van der Waals surface area contributed by atoms with Gasteiger partial charge in [0, 0.05) is 22.9 Å². The van der Waals surface area contributed by atoms with Gasteiger partial charge in [-0.2, -0.15) is 0 Å². The van der Waals surface area contributed by atoms with Gasteiger partial charge in [-0.1, -0.05) is 65.8 Å². The first-order valence-corrected chi connectivity index (χ1v) is 11.3. The molecule has 6 aromatic rings. The van der Waals surface area contributed by atoms with Crippen LogP contribution >= 0.6 is 11.3 Å². The molecule has 1 amide bonds. The molecule has 0 radical (unpaired) electrons. The fourth-order valence-electron chi connectivity index (χ4n) is 3.78. The first-order chi connectivity index (χ1) is 16.2. The van der Waals surface area contributed by atoms with Gasteiger partial charge in [0.15, 0.2) is 11.5 Å². The molecule has 33 heavy (non-hydrogen) atoms. The number of anilines is 1. The lowest BCUT2D eigenvalue weighted by Crippen LogP contribution is -2.12. The van der Waals surface area contributed by atoms with Crippen LogP contribution in [0.1, 0.15) is 10.5 Å². The summed E-state index contributed by atoms with van der Waals surface area (Å²) in [5.74, 6) is 0.223. The van der Waals surface area contributed by atoms with Gasteiger partial charge in [0.1, 0.15) is 5.01 Å². The Bertz CT molecular complexity index is 1600. The topological polar surface area (TPSA) is 68.0 Å². The standard InChI is InChI=1S/C27H17N3O2S/c31-26(23-16-24(32-30-23)19-13-12-17-6-1-2-7-18(17)14-19)28-21-9-5-8-20(15-21)27-29-22-10-3-4-11-25(22)33-27/h1-16H,(H,28,31). The van der Waals surface area contributed by atoms with E-state index < -0.39 is 0 Å². The van der Waals surface area contributed by atoms with E-state index in [0.29, 0.717) is 11.4 Å². The highest BCUT2D eigenvalue weighted by Crippen LogP contribution is 2.31. The van der Waals surface area contributed by atoms with Crippen LogP contribution in [-0.2, 0) is 0 Å². The number of carbonyl (C=O) groups excluding carboxylic acids is 1. The Hall–Kier alpha value is -4.29. The zero-order chi connectivity index (χ0) is 22.2. The van der Waals surface area contributed by atoms with Gasteiger partial charge >= 0.3 is 0 Å². The van der Waals surface area contributed by atoms with Crippen LogP contribution in [0.2, 0.25) is 0 Å². The van der Waals surface area contributed by atoms with Crippen molar-refractivity contribution < 1.29 is 9.32 Å². The number of rotatable bonds is 4. The molecule has 0 fully saturated rings. The molecule has 2 heterocycles. The quantitative estimate of drug-likeness (QED) is 0.315. The molecule has 0 bridgehead atoms. The van der Waals surface area contributed by atoms with Gasteiger partial charge in [-0.05, 0) is 41.1 Å². The number of nitrogens with zero attached hydrogens (tertiary/aromatic N) is 2. The van der Waals surface area contributed by atoms with Crippen LogP contribution < -0.4 is 5.32 Å². The number of aromatic nitrogens is 2. The van der Waals surface area contributed by atoms with Gasteiger partial charge in [0.05, 0.1) is 10.2 Å². The highest BCUT2D eigenvalue weighted by atomic mass is 32.1. The van der Waals surface area contributed by atoms with Gasteiger partial charge in [-0.15, -0.1) is 11.3 Å². The van der Waals surface area contributed by atoms with E-state index in [1.807, 2.05) is 78.9 Å². The van der Waals surface area contributed by atoms with Crippen LogP contribution in [0.25, 0.3) is 42.9 Å². The van der Waals surface area contributed by atoms with E-state index in [4.69, 9.17) is 9.51 Å². The smallest absolute Gasteiger partial charge is 0.277 e. The number of para-hydroxylation sites is 1. The number of fused-ring (bicyclic) bond motifs is 2. The molecule has 0 aliphatic heterocycles. The molecule has 0 unspecified atom stereocenters. The lowest BCUT2D eigenvalue weighted by atomic mass is 10.1. The predicted molar refractivity (Wildman–Crippen MR) is 132 cm³/mol. The minimum atomic E-state index is -0.327. The number of amides is 1. The van der Waals surface area contributed by atoms with Crippen molar-refractivity contribution in [1.29, 1.82) is 0 Å². The molecule has 5 nitrogen and oxygen atoms in total. The summed E-state index contributed by atoms with van der Waals surface area (Å²) in [5.41, 5.74) is 3.69. The molecule has 6 rings (SSSR count). The summed E-state index contributed by atoms with van der Waals surface area (Å²) in [4.78, 5) is 17.5. The SMILES string of the molecule is O=C(Nc1cccc(-c2nc3ccccc3s2)c1)c1cc(-c2ccc3ccccc3c2)on1. The van der Waals surface area contributed by atoms with Crippen molar-refractivity contribution in [3.63, 3.8) is 0 Å². The minimum Gasteiger partial charge on any atom is -0.355 e. The van der Waals surface area contributed by atoms with Crippen molar-refractivity contribution in [2.45, 2.75) is 0 Å². The highest BCUT2D eigenvalue weighted by Gasteiger charge is 2.15. The minimum absolute atomic E-state index is 0.226. The zero-order valence-corrected chi connectivity index (χ0v) is 18.2. The summed E-state index contributed by atoms with van der Waals surface area (Å²) in [6.45, 7) is 0. The molecule has 6 heteroatoms. The number of nitrogens with one attached hydrogen (secondary N) is 1. The van der Waals surface area contributed by atoms with Crippen LogP contribution in [-0.4, -0.2) is 16.0 Å². The van der Waals surface area contributed by atoms with Crippen molar-refractivity contribution in [2.75, 3.05) is 5.32 Å². The normalized spacial score (nSPS) is 11.2. The zero-order valence-electron chi connectivity index (χ0n) is 17.4. The van der Waals surface area contributed by atoms with E-state index in [1.165, 1.54) is 0 Å². The van der Waals surface area contributed by atoms with Gasteiger partial charge in [-0.25, -0.2) is 4.98 Å². The van der Waals surface area contributed by atoms with Crippen LogP contribution in [0.3, 0.4) is 0 Å². The molecule has 1 N–H and O–H groups in total. The summed E-state index contributed by atoms with van der Waals surface area (Å²) in [5, 5.41) is 10.0. The molecule has 0 saturated heterocycles. The largest absolute Gasteiger partial charge is 0.355 e. The average Bonchev–Trinajstić information content (AvgIpc) is 3.52. The molecule has 0 aliphatic carbocycles. The molecule has 158 valence electrons. The van der Waals surface area contributed by atoms with E-state index in [0.717, 1.165) is 37.1 Å². The molecule has 0 saturated carbocycles. The second-order valence-corrected chi connectivity index (χ2v) is 8.69.